The Balaban J connectivity index is 1.57. The third kappa shape index (κ3) is 3.40. The molecule has 3 saturated heterocycles. The minimum atomic E-state index is -1.07. The van der Waals surface area contributed by atoms with Crippen LogP contribution < -0.4 is 0 Å². The van der Waals surface area contributed by atoms with Crippen molar-refractivity contribution < 1.29 is 24.6 Å². The van der Waals surface area contributed by atoms with Crippen molar-refractivity contribution in [3.05, 3.63) is 35.4 Å². The summed E-state index contributed by atoms with van der Waals surface area (Å²) in [5, 5.41) is 19.4. The largest absolute Gasteiger partial charge is 0.478 e. The van der Waals surface area contributed by atoms with Gasteiger partial charge in [-0.2, -0.15) is 0 Å². The molecule has 0 aromatic heterocycles. The van der Waals surface area contributed by atoms with Gasteiger partial charge in [0, 0.05) is 50.2 Å². The van der Waals surface area contributed by atoms with Crippen LogP contribution in [0.25, 0.3) is 0 Å². The minimum absolute atomic E-state index is 0.0432. The molecule has 0 bridgehead atoms. The molecule has 8 nitrogen and oxygen atoms in total. The maximum Gasteiger partial charge on any atom is 0.335 e. The molecule has 4 rings (SSSR count). The van der Waals surface area contributed by atoms with Gasteiger partial charge in [0.1, 0.15) is 0 Å². The van der Waals surface area contributed by atoms with Crippen molar-refractivity contribution >= 4 is 17.8 Å². The fourth-order valence-electron chi connectivity index (χ4n) is 5.00. The van der Waals surface area contributed by atoms with Crippen LogP contribution in [-0.2, 0) is 4.79 Å². The van der Waals surface area contributed by atoms with Crippen molar-refractivity contribution in [3.63, 3.8) is 0 Å². The Labute approximate surface area is 169 Å². The molecule has 2 N–H and O–H groups in total. The smallest absolute Gasteiger partial charge is 0.335 e. The van der Waals surface area contributed by atoms with Gasteiger partial charge in [0.15, 0.2) is 0 Å². The number of carboxylic acid groups (broad SMARTS) is 1. The zero-order valence-corrected chi connectivity index (χ0v) is 16.7. The van der Waals surface area contributed by atoms with Crippen molar-refractivity contribution in [1.82, 2.24) is 14.7 Å². The maximum atomic E-state index is 13.2. The van der Waals surface area contributed by atoms with Crippen LogP contribution in [0.1, 0.15) is 41.0 Å². The molecule has 0 unspecified atom stereocenters. The van der Waals surface area contributed by atoms with Gasteiger partial charge >= 0.3 is 5.97 Å². The summed E-state index contributed by atoms with van der Waals surface area (Å²) in [6.45, 7) is 6.37. The summed E-state index contributed by atoms with van der Waals surface area (Å²) in [5.74, 6) is -1.25. The number of aliphatic hydroxyl groups excluding tert-OH is 1. The number of fused-ring (bicyclic) bond motifs is 2. The van der Waals surface area contributed by atoms with Crippen LogP contribution >= 0.6 is 0 Å². The first-order valence-electron chi connectivity index (χ1n) is 10.1. The van der Waals surface area contributed by atoms with Crippen molar-refractivity contribution in [2.24, 2.45) is 5.92 Å². The molecule has 1 aromatic rings. The fourth-order valence-corrected chi connectivity index (χ4v) is 5.00. The number of piperazine rings is 1. The topological polar surface area (TPSA) is 101 Å². The molecule has 3 aliphatic heterocycles. The summed E-state index contributed by atoms with van der Waals surface area (Å²) in [6.07, 6.45) is 0.163. The maximum absolute atomic E-state index is 13.2. The van der Waals surface area contributed by atoms with E-state index in [9.17, 15) is 24.6 Å². The lowest BCUT2D eigenvalue weighted by molar-refractivity contribution is -0.157. The van der Waals surface area contributed by atoms with E-state index in [2.05, 4.69) is 4.90 Å². The van der Waals surface area contributed by atoms with Crippen LogP contribution in [0.15, 0.2) is 24.3 Å². The highest BCUT2D eigenvalue weighted by molar-refractivity contribution is 5.97. The molecule has 156 valence electrons. The molecule has 8 heteroatoms. The Morgan fingerprint density at radius 2 is 1.72 bits per heavy atom. The summed E-state index contributed by atoms with van der Waals surface area (Å²) in [6, 6.07) is 6.12. The molecule has 2 amide bonds. The van der Waals surface area contributed by atoms with Crippen LogP contribution in [0.5, 0.6) is 0 Å². The van der Waals surface area contributed by atoms with Gasteiger partial charge in [0.05, 0.1) is 17.2 Å². The summed E-state index contributed by atoms with van der Waals surface area (Å²) < 4.78 is 0. The highest BCUT2D eigenvalue weighted by Crippen LogP contribution is 2.39. The zero-order valence-electron chi connectivity index (χ0n) is 16.7. The number of carbonyl (C=O) groups is 3. The first-order chi connectivity index (χ1) is 13.7. The highest BCUT2D eigenvalue weighted by atomic mass is 16.4. The molecule has 3 fully saturated rings. The van der Waals surface area contributed by atoms with Gasteiger partial charge < -0.3 is 20.0 Å². The first-order valence-corrected chi connectivity index (χ1v) is 10.1. The summed E-state index contributed by atoms with van der Waals surface area (Å²) in [5.41, 5.74) is 0.0877. The molecule has 2 atom stereocenters. The highest BCUT2D eigenvalue weighted by Gasteiger charge is 2.57. The van der Waals surface area contributed by atoms with Crippen LogP contribution in [0.4, 0.5) is 0 Å². The van der Waals surface area contributed by atoms with E-state index in [0.29, 0.717) is 44.7 Å². The molecule has 0 saturated carbocycles. The second kappa shape index (κ2) is 7.11. The quantitative estimate of drug-likeness (QED) is 0.766. The number of benzene rings is 1. The summed E-state index contributed by atoms with van der Waals surface area (Å²) >= 11 is 0. The lowest BCUT2D eigenvalue weighted by Gasteiger charge is -2.61. The summed E-state index contributed by atoms with van der Waals surface area (Å²) in [7, 11) is 0. The molecule has 0 aliphatic carbocycles. The van der Waals surface area contributed by atoms with E-state index in [1.807, 2.05) is 18.7 Å². The van der Waals surface area contributed by atoms with Gasteiger partial charge in [-0.1, -0.05) is 19.9 Å². The van der Waals surface area contributed by atoms with Gasteiger partial charge in [-0.05, 0) is 24.6 Å². The van der Waals surface area contributed by atoms with Gasteiger partial charge in [-0.15, -0.1) is 0 Å². The predicted molar refractivity (Wildman–Crippen MR) is 105 cm³/mol. The third-order valence-electron chi connectivity index (χ3n) is 6.34. The predicted octanol–water partition coefficient (Wildman–Crippen LogP) is 0.513. The van der Waals surface area contributed by atoms with E-state index in [4.69, 9.17) is 0 Å². The van der Waals surface area contributed by atoms with Gasteiger partial charge in [-0.25, -0.2) is 4.79 Å². The Morgan fingerprint density at radius 3 is 2.38 bits per heavy atom. The number of hydrogen-bond donors (Lipinski definition) is 2. The van der Waals surface area contributed by atoms with Gasteiger partial charge in [0.2, 0.25) is 5.91 Å². The fraction of sp³-hybridized carbons (Fsp3) is 0.571. The van der Waals surface area contributed by atoms with Crippen LogP contribution in [0.2, 0.25) is 0 Å². The average molecular weight is 401 g/mol. The molecular formula is C21H27N3O5. The molecule has 1 spiro atoms. The molecule has 29 heavy (non-hydrogen) atoms. The third-order valence-corrected chi connectivity index (χ3v) is 6.34. The SMILES string of the molecule is CC(C)C(=O)N1CC2(CN(C(=O)c3cccc(C(=O)O)c3)C[C@@H]3C[C@@H](O)CN32)C1. The van der Waals surface area contributed by atoms with E-state index in [-0.39, 0.29) is 34.9 Å². The second-order valence-electron chi connectivity index (χ2n) is 8.84. The number of carbonyl (C=O) groups excluding carboxylic acids is 2. The first kappa shape index (κ1) is 19.8. The molecule has 0 radical (unpaired) electrons. The van der Waals surface area contributed by atoms with E-state index < -0.39 is 12.1 Å². The number of likely N-dealkylation sites (tertiary alicyclic amines) is 1. The van der Waals surface area contributed by atoms with E-state index in [1.165, 1.54) is 12.1 Å². The standard InChI is InChI=1S/C21H27N3O5/c1-13(2)18(26)23-11-21(12-23)10-22(8-16-7-17(25)9-24(16)21)19(27)14-4-3-5-15(6-14)20(28)29/h3-6,13,16-17,25H,7-12H2,1-2H3,(H,28,29)/t16-,17+/m0/s1. The number of hydrogen-bond acceptors (Lipinski definition) is 5. The van der Waals surface area contributed by atoms with Crippen LogP contribution in [0, 0.1) is 5.92 Å². The number of aliphatic hydroxyl groups is 1. The van der Waals surface area contributed by atoms with Crippen LogP contribution in [-0.4, -0.2) is 93.1 Å². The van der Waals surface area contributed by atoms with E-state index in [0.717, 1.165) is 0 Å². The Kier molecular flexibility index (Phi) is 4.86. The Hall–Kier alpha value is -2.45. The number of nitrogens with zero attached hydrogens (tertiary/aromatic N) is 3. The number of amides is 2. The minimum Gasteiger partial charge on any atom is -0.478 e. The van der Waals surface area contributed by atoms with Gasteiger partial charge in [0.25, 0.3) is 5.91 Å². The summed E-state index contributed by atoms with van der Waals surface area (Å²) in [4.78, 5) is 42.7. The number of rotatable bonds is 3. The van der Waals surface area contributed by atoms with Crippen molar-refractivity contribution in [2.45, 2.75) is 38.0 Å². The number of β-amino-alcohol motifs (C(OH)–C–C–N with tert-alkyl or cyclic N) is 1. The lowest BCUT2D eigenvalue weighted by atomic mass is 9.83. The van der Waals surface area contributed by atoms with Crippen molar-refractivity contribution in [1.29, 1.82) is 0 Å². The average Bonchev–Trinajstić information content (AvgIpc) is 3.04. The van der Waals surface area contributed by atoms with Crippen LogP contribution in [0.3, 0.4) is 0 Å². The molecular weight excluding hydrogens is 374 g/mol. The van der Waals surface area contributed by atoms with Gasteiger partial charge in [-0.3, -0.25) is 14.5 Å². The number of aromatic carboxylic acids is 1. The van der Waals surface area contributed by atoms with E-state index in [1.54, 1.807) is 17.0 Å². The molecule has 1 aromatic carbocycles. The monoisotopic (exact) mass is 401 g/mol. The lowest BCUT2D eigenvalue weighted by Crippen LogP contribution is -2.79. The normalized spacial score (nSPS) is 25.8. The zero-order chi connectivity index (χ0) is 20.9. The molecule has 3 heterocycles. The van der Waals surface area contributed by atoms with E-state index >= 15 is 0 Å². The van der Waals surface area contributed by atoms with Crippen molar-refractivity contribution in [3.8, 4) is 0 Å². The van der Waals surface area contributed by atoms with Crippen molar-refractivity contribution in [2.75, 3.05) is 32.7 Å². The Bertz CT molecular complexity index is 848. The molecule has 3 aliphatic rings. The second-order valence-corrected chi connectivity index (χ2v) is 8.84. The number of carboxylic acids is 1. The Morgan fingerprint density at radius 1 is 1.07 bits per heavy atom.